The fourth-order valence-electron chi connectivity index (χ4n) is 2.95. The number of aromatic nitrogens is 2. The van der Waals surface area contributed by atoms with Crippen molar-refractivity contribution in [2.24, 2.45) is 11.8 Å². The van der Waals surface area contributed by atoms with Crippen molar-refractivity contribution in [3.63, 3.8) is 0 Å². The molecule has 0 spiro atoms. The van der Waals surface area contributed by atoms with Gasteiger partial charge in [0.2, 0.25) is 0 Å². The minimum Gasteiger partial charge on any atom is -0.469 e. The monoisotopic (exact) mass is 326 g/mol. The Morgan fingerprint density at radius 1 is 1.43 bits per heavy atom. The topological polar surface area (TPSA) is 99.6 Å². The van der Waals surface area contributed by atoms with Gasteiger partial charge >= 0.3 is 11.7 Å². The van der Waals surface area contributed by atoms with E-state index in [-0.39, 0.29) is 30.0 Å². The molecule has 1 aliphatic heterocycles. The van der Waals surface area contributed by atoms with Crippen LogP contribution in [0.3, 0.4) is 0 Å². The maximum absolute atomic E-state index is 12.0. The molecular weight excluding hydrogens is 304 g/mol. The first-order valence-electron chi connectivity index (χ1n) is 7.46. The van der Waals surface area contributed by atoms with Gasteiger partial charge in [0.15, 0.2) is 6.23 Å². The van der Waals surface area contributed by atoms with Crippen molar-refractivity contribution in [2.45, 2.75) is 38.7 Å². The number of nitrogens with zero attached hydrogens (tertiary/aromatic N) is 1. The molecule has 0 aromatic carbocycles. The predicted molar refractivity (Wildman–Crippen MR) is 81.0 cm³/mol. The van der Waals surface area contributed by atoms with E-state index in [9.17, 15) is 14.4 Å². The highest BCUT2D eigenvalue weighted by molar-refractivity contribution is 5.71. The molecule has 1 aliphatic rings. The van der Waals surface area contributed by atoms with Gasteiger partial charge in [-0.2, -0.15) is 0 Å². The van der Waals surface area contributed by atoms with Gasteiger partial charge in [-0.3, -0.25) is 19.1 Å². The highest BCUT2D eigenvalue weighted by atomic mass is 16.6. The molecular formula is C15H22N2O6. The molecule has 23 heavy (non-hydrogen) atoms. The molecule has 0 amide bonds. The van der Waals surface area contributed by atoms with Crippen LogP contribution in [-0.4, -0.2) is 41.9 Å². The zero-order valence-electron chi connectivity index (χ0n) is 13.6. The van der Waals surface area contributed by atoms with Gasteiger partial charge < -0.3 is 14.2 Å². The van der Waals surface area contributed by atoms with Gasteiger partial charge in [0, 0.05) is 25.3 Å². The van der Waals surface area contributed by atoms with Crippen LogP contribution in [0, 0.1) is 11.8 Å². The average Bonchev–Trinajstić information content (AvgIpc) is 2.82. The van der Waals surface area contributed by atoms with Crippen molar-refractivity contribution >= 4 is 5.97 Å². The van der Waals surface area contributed by atoms with Crippen molar-refractivity contribution in [1.82, 2.24) is 9.55 Å². The van der Waals surface area contributed by atoms with Crippen molar-refractivity contribution in [1.29, 1.82) is 0 Å². The van der Waals surface area contributed by atoms with Gasteiger partial charge in [0.25, 0.3) is 5.56 Å². The smallest absolute Gasteiger partial charge is 0.330 e. The third kappa shape index (κ3) is 3.53. The lowest BCUT2D eigenvalue weighted by Gasteiger charge is -2.20. The number of hydrogen-bond acceptors (Lipinski definition) is 6. The first-order chi connectivity index (χ1) is 10.9. The van der Waals surface area contributed by atoms with Gasteiger partial charge in [-0.15, -0.1) is 0 Å². The van der Waals surface area contributed by atoms with Crippen molar-refractivity contribution in [3.05, 3.63) is 33.1 Å². The molecule has 2 unspecified atom stereocenters. The number of rotatable bonds is 5. The number of ether oxygens (including phenoxy) is 3. The second-order valence-electron chi connectivity index (χ2n) is 5.80. The van der Waals surface area contributed by atoms with Crippen molar-refractivity contribution < 1.29 is 19.0 Å². The van der Waals surface area contributed by atoms with E-state index in [0.29, 0.717) is 6.42 Å². The molecule has 2 heterocycles. The highest BCUT2D eigenvalue weighted by Gasteiger charge is 2.44. The molecule has 0 radical (unpaired) electrons. The molecule has 128 valence electrons. The Hall–Kier alpha value is -1.93. The van der Waals surface area contributed by atoms with E-state index >= 15 is 0 Å². The zero-order chi connectivity index (χ0) is 17.1. The number of carbonyl (C=O) groups is 1. The molecule has 5 atom stereocenters. The lowest BCUT2D eigenvalue weighted by atomic mass is 9.93. The minimum atomic E-state index is -0.658. The third-order valence-corrected chi connectivity index (χ3v) is 4.29. The van der Waals surface area contributed by atoms with Gasteiger partial charge in [-0.05, 0) is 6.42 Å². The highest BCUT2D eigenvalue weighted by Crippen LogP contribution is 2.37. The van der Waals surface area contributed by atoms with Crippen LogP contribution < -0.4 is 11.2 Å². The summed E-state index contributed by atoms with van der Waals surface area (Å²) < 4.78 is 17.5. The van der Waals surface area contributed by atoms with Gasteiger partial charge in [-0.25, -0.2) is 4.79 Å². The number of hydrogen-bond donors (Lipinski definition) is 1. The van der Waals surface area contributed by atoms with E-state index in [2.05, 4.69) is 4.98 Å². The van der Waals surface area contributed by atoms with Crippen molar-refractivity contribution in [2.75, 3.05) is 14.2 Å². The molecule has 2 rings (SSSR count). The Kier molecular flexibility index (Phi) is 5.38. The van der Waals surface area contributed by atoms with Crippen LogP contribution in [0.5, 0.6) is 0 Å². The Balaban J connectivity index is 2.23. The largest absolute Gasteiger partial charge is 0.469 e. The van der Waals surface area contributed by atoms with Crippen LogP contribution in [0.1, 0.15) is 26.5 Å². The molecule has 8 heteroatoms. The molecule has 1 aromatic heterocycles. The second kappa shape index (κ2) is 7.10. The van der Waals surface area contributed by atoms with Gasteiger partial charge in [0.1, 0.15) is 6.10 Å². The van der Waals surface area contributed by atoms with E-state index in [0.717, 1.165) is 0 Å². The van der Waals surface area contributed by atoms with Gasteiger partial charge in [0.05, 0.1) is 19.1 Å². The van der Waals surface area contributed by atoms with Crippen LogP contribution in [-0.2, 0) is 19.0 Å². The molecule has 0 bridgehead atoms. The van der Waals surface area contributed by atoms with E-state index in [1.165, 1.54) is 23.9 Å². The number of methoxy groups -OCH3 is 2. The summed E-state index contributed by atoms with van der Waals surface area (Å²) in [6, 6.07) is 1.26. The molecule has 0 saturated carbocycles. The van der Waals surface area contributed by atoms with Crippen molar-refractivity contribution in [3.8, 4) is 0 Å². The Morgan fingerprint density at radius 2 is 2.13 bits per heavy atom. The normalized spacial score (nSPS) is 28.5. The molecule has 1 N–H and O–H groups in total. The van der Waals surface area contributed by atoms with Crippen LogP contribution in [0.25, 0.3) is 0 Å². The fourth-order valence-corrected chi connectivity index (χ4v) is 2.95. The van der Waals surface area contributed by atoms with Crippen LogP contribution in [0.15, 0.2) is 21.9 Å². The molecule has 1 aromatic rings. The second-order valence-corrected chi connectivity index (χ2v) is 5.80. The number of nitrogens with one attached hydrogen (secondary N) is 1. The Labute approximate surface area is 133 Å². The quantitative estimate of drug-likeness (QED) is 0.781. The first-order valence-corrected chi connectivity index (χ1v) is 7.46. The lowest BCUT2D eigenvalue weighted by Crippen LogP contribution is -2.36. The maximum atomic E-state index is 12.0. The fraction of sp³-hybridized carbons (Fsp3) is 0.667. The summed E-state index contributed by atoms with van der Waals surface area (Å²) in [4.78, 5) is 37.0. The Morgan fingerprint density at radius 3 is 2.70 bits per heavy atom. The Bertz CT molecular complexity index is 666. The summed E-state index contributed by atoms with van der Waals surface area (Å²) in [5.41, 5.74) is -1.03. The minimum absolute atomic E-state index is 0.0315. The maximum Gasteiger partial charge on any atom is 0.330 e. The molecule has 8 nitrogen and oxygen atoms in total. The van der Waals surface area contributed by atoms with Crippen LogP contribution >= 0.6 is 0 Å². The van der Waals surface area contributed by atoms with Crippen LogP contribution in [0.2, 0.25) is 0 Å². The lowest BCUT2D eigenvalue weighted by molar-refractivity contribution is -0.146. The summed E-state index contributed by atoms with van der Waals surface area (Å²) in [6.45, 7) is 3.71. The summed E-state index contributed by atoms with van der Waals surface area (Å²) >= 11 is 0. The predicted octanol–water partition coefficient (Wildman–Crippen LogP) is 0.284. The standard InChI is InChI=1S/C15H22N2O6/c1-8(14(19)22-4)7-10-9(2)12(21-3)13(23-10)17-6-5-11(18)16-15(17)20/h5-6,8-10,12-13H,7H2,1-4H3,(H,16,18,20)/t8?,9?,10-,12+,13-/m1/s1. The van der Waals surface area contributed by atoms with E-state index in [4.69, 9.17) is 14.2 Å². The zero-order valence-corrected chi connectivity index (χ0v) is 13.6. The number of aromatic amines is 1. The van der Waals surface area contributed by atoms with Crippen LogP contribution in [0.4, 0.5) is 0 Å². The summed E-state index contributed by atoms with van der Waals surface area (Å²) in [5.74, 6) is -0.661. The summed E-state index contributed by atoms with van der Waals surface area (Å²) in [5, 5.41) is 0. The summed E-state index contributed by atoms with van der Waals surface area (Å²) in [7, 11) is 2.89. The van der Waals surface area contributed by atoms with E-state index in [1.54, 1.807) is 14.0 Å². The number of esters is 1. The first kappa shape index (κ1) is 17.4. The SMILES string of the molecule is COC(=O)C(C)C[C@H]1O[C@@H](n2ccc(=O)[nH]c2=O)[C@@H](OC)C1C. The van der Waals surface area contributed by atoms with Gasteiger partial charge in [-0.1, -0.05) is 13.8 Å². The summed E-state index contributed by atoms with van der Waals surface area (Å²) in [6.07, 6.45) is 0.555. The molecule has 0 aliphatic carbocycles. The number of H-pyrrole nitrogens is 1. The molecule has 1 fully saturated rings. The number of carbonyl (C=O) groups excluding carboxylic acids is 1. The third-order valence-electron chi connectivity index (χ3n) is 4.29. The molecule has 1 saturated heterocycles. The van der Waals surface area contributed by atoms with E-state index < -0.39 is 17.5 Å². The average molecular weight is 326 g/mol. The van der Waals surface area contributed by atoms with E-state index in [1.807, 2.05) is 6.92 Å².